The van der Waals surface area contributed by atoms with Crippen molar-refractivity contribution in [3.05, 3.63) is 30.1 Å². The molecule has 3 heteroatoms. The van der Waals surface area contributed by atoms with E-state index in [4.69, 9.17) is 4.74 Å². The van der Waals surface area contributed by atoms with Crippen molar-refractivity contribution in [2.45, 2.75) is 32.1 Å². The van der Waals surface area contributed by atoms with Gasteiger partial charge in [-0.1, -0.05) is 25.8 Å². The molecule has 0 amide bonds. The van der Waals surface area contributed by atoms with Crippen molar-refractivity contribution in [2.75, 3.05) is 7.11 Å². The molecular weight excluding hydrogens is 190 g/mol. The van der Waals surface area contributed by atoms with Crippen LogP contribution in [0.25, 0.3) is 0 Å². The molecule has 0 saturated heterocycles. The van der Waals surface area contributed by atoms with Gasteiger partial charge in [0.1, 0.15) is 0 Å². The first-order valence-electron chi connectivity index (χ1n) is 5.28. The third-order valence-electron chi connectivity index (χ3n) is 2.38. The third-order valence-corrected chi connectivity index (χ3v) is 2.38. The maximum atomic E-state index is 11.6. The lowest BCUT2D eigenvalue weighted by molar-refractivity contribution is -0.142. The molecular formula is C12H17NO2. The second-order valence-corrected chi connectivity index (χ2v) is 3.47. The zero-order chi connectivity index (χ0) is 11.1. The minimum Gasteiger partial charge on any atom is -0.469 e. The molecule has 0 N–H and O–H groups in total. The largest absolute Gasteiger partial charge is 0.469 e. The van der Waals surface area contributed by atoms with Crippen molar-refractivity contribution < 1.29 is 9.53 Å². The van der Waals surface area contributed by atoms with Gasteiger partial charge >= 0.3 is 5.97 Å². The Morgan fingerprint density at radius 3 is 2.87 bits per heavy atom. The molecule has 0 saturated carbocycles. The van der Waals surface area contributed by atoms with Gasteiger partial charge in [-0.25, -0.2) is 0 Å². The number of esters is 1. The molecule has 0 aliphatic rings. The number of rotatable bonds is 5. The van der Waals surface area contributed by atoms with E-state index in [0.717, 1.165) is 25.0 Å². The zero-order valence-corrected chi connectivity index (χ0v) is 9.27. The van der Waals surface area contributed by atoms with Crippen LogP contribution >= 0.6 is 0 Å². The van der Waals surface area contributed by atoms with Crippen molar-refractivity contribution >= 4 is 5.97 Å². The number of carbonyl (C=O) groups excluding carboxylic acids is 1. The summed E-state index contributed by atoms with van der Waals surface area (Å²) in [5.74, 6) is -0.404. The lowest BCUT2D eigenvalue weighted by Crippen LogP contribution is -2.15. The molecule has 1 rings (SSSR count). The van der Waals surface area contributed by atoms with E-state index in [0.29, 0.717) is 0 Å². The molecule has 82 valence electrons. The Balaban J connectivity index is 2.76. The molecule has 0 aliphatic carbocycles. The molecule has 1 atom stereocenters. The molecule has 0 aromatic carbocycles. The van der Waals surface area contributed by atoms with Crippen LogP contribution in [0.2, 0.25) is 0 Å². The maximum absolute atomic E-state index is 11.6. The second-order valence-electron chi connectivity index (χ2n) is 3.47. The van der Waals surface area contributed by atoms with Gasteiger partial charge in [0.15, 0.2) is 0 Å². The summed E-state index contributed by atoms with van der Waals surface area (Å²) in [4.78, 5) is 15.8. The van der Waals surface area contributed by atoms with Gasteiger partial charge in [-0.15, -0.1) is 0 Å². The van der Waals surface area contributed by atoms with E-state index in [1.807, 2.05) is 18.2 Å². The predicted octanol–water partition coefficient (Wildman–Crippen LogP) is 2.53. The van der Waals surface area contributed by atoms with Crippen LogP contribution in [-0.2, 0) is 9.53 Å². The van der Waals surface area contributed by atoms with Gasteiger partial charge in [0.2, 0.25) is 0 Å². The van der Waals surface area contributed by atoms with Crippen LogP contribution in [0.1, 0.15) is 37.8 Å². The number of nitrogens with zero attached hydrogens (tertiary/aromatic N) is 1. The molecule has 3 nitrogen and oxygen atoms in total. The molecule has 1 aromatic heterocycles. The van der Waals surface area contributed by atoms with Crippen molar-refractivity contribution in [1.82, 2.24) is 4.98 Å². The van der Waals surface area contributed by atoms with Gasteiger partial charge in [-0.05, 0) is 18.6 Å². The molecule has 0 fully saturated rings. The van der Waals surface area contributed by atoms with E-state index in [2.05, 4.69) is 11.9 Å². The van der Waals surface area contributed by atoms with E-state index in [1.165, 1.54) is 7.11 Å². The maximum Gasteiger partial charge on any atom is 0.314 e. The Bertz CT molecular complexity index is 298. The van der Waals surface area contributed by atoms with Gasteiger partial charge in [-0.3, -0.25) is 9.78 Å². The Kier molecular flexibility index (Phi) is 4.81. The average molecular weight is 207 g/mol. The summed E-state index contributed by atoms with van der Waals surface area (Å²) < 4.78 is 4.78. The summed E-state index contributed by atoms with van der Waals surface area (Å²) >= 11 is 0. The fourth-order valence-electron chi connectivity index (χ4n) is 1.52. The normalized spacial score (nSPS) is 12.1. The van der Waals surface area contributed by atoms with Crippen molar-refractivity contribution in [3.8, 4) is 0 Å². The Hall–Kier alpha value is -1.38. The Labute approximate surface area is 90.5 Å². The van der Waals surface area contributed by atoms with Gasteiger partial charge in [0.05, 0.1) is 18.7 Å². The lowest BCUT2D eigenvalue weighted by Gasteiger charge is -2.13. The van der Waals surface area contributed by atoms with E-state index >= 15 is 0 Å². The molecule has 1 aromatic rings. The first kappa shape index (κ1) is 11.7. The van der Waals surface area contributed by atoms with Crippen LogP contribution in [-0.4, -0.2) is 18.1 Å². The third kappa shape index (κ3) is 3.35. The number of hydrogen-bond donors (Lipinski definition) is 0. The van der Waals surface area contributed by atoms with Crippen LogP contribution in [0.3, 0.4) is 0 Å². The summed E-state index contributed by atoms with van der Waals surface area (Å²) in [5, 5.41) is 0. The highest BCUT2D eigenvalue weighted by molar-refractivity contribution is 5.77. The fraction of sp³-hybridized carbons (Fsp3) is 0.500. The summed E-state index contributed by atoms with van der Waals surface area (Å²) in [5.41, 5.74) is 0.804. The SMILES string of the molecule is CCCCC(C(=O)OC)c1ccccn1. The van der Waals surface area contributed by atoms with Crippen LogP contribution in [0, 0.1) is 0 Å². The molecule has 1 heterocycles. The van der Waals surface area contributed by atoms with Crippen LogP contribution in [0.15, 0.2) is 24.4 Å². The molecule has 15 heavy (non-hydrogen) atoms. The minimum atomic E-state index is -0.212. The van der Waals surface area contributed by atoms with Crippen LogP contribution < -0.4 is 0 Å². The second kappa shape index (κ2) is 6.17. The molecule has 1 unspecified atom stereocenters. The number of hydrogen-bond acceptors (Lipinski definition) is 3. The summed E-state index contributed by atoms with van der Waals surface area (Å²) in [6.45, 7) is 2.10. The van der Waals surface area contributed by atoms with E-state index < -0.39 is 0 Å². The Morgan fingerprint density at radius 2 is 2.33 bits per heavy atom. The molecule has 0 aliphatic heterocycles. The van der Waals surface area contributed by atoms with E-state index in [-0.39, 0.29) is 11.9 Å². The highest BCUT2D eigenvalue weighted by Crippen LogP contribution is 2.21. The van der Waals surface area contributed by atoms with Gasteiger partial charge < -0.3 is 4.74 Å². The predicted molar refractivity (Wildman–Crippen MR) is 58.5 cm³/mol. The standard InChI is InChI=1S/C12H17NO2/c1-3-4-7-10(12(14)15-2)11-8-5-6-9-13-11/h5-6,8-10H,3-4,7H2,1-2H3. The monoisotopic (exact) mass is 207 g/mol. The van der Waals surface area contributed by atoms with Crippen LogP contribution in [0.5, 0.6) is 0 Å². The fourth-order valence-corrected chi connectivity index (χ4v) is 1.52. The van der Waals surface area contributed by atoms with Gasteiger partial charge in [0.25, 0.3) is 0 Å². The van der Waals surface area contributed by atoms with E-state index in [9.17, 15) is 4.79 Å². The highest BCUT2D eigenvalue weighted by atomic mass is 16.5. The van der Waals surface area contributed by atoms with Crippen molar-refractivity contribution in [2.24, 2.45) is 0 Å². The van der Waals surface area contributed by atoms with Crippen molar-refractivity contribution in [1.29, 1.82) is 0 Å². The number of ether oxygens (including phenoxy) is 1. The molecule has 0 spiro atoms. The summed E-state index contributed by atoms with van der Waals surface area (Å²) in [7, 11) is 1.42. The minimum absolute atomic E-state index is 0.192. The van der Waals surface area contributed by atoms with Crippen LogP contribution in [0.4, 0.5) is 0 Å². The summed E-state index contributed by atoms with van der Waals surface area (Å²) in [6.07, 6.45) is 4.59. The number of carbonyl (C=O) groups is 1. The highest BCUT2D eigenvalue weighted by Gasteiger charge is 2.21. The average Bonchev–Trinajstić information content (AvgIpc) is 2.30. The van der Waals surface area contributed by atoms with Gasteiger partial charge in [-0.2, -0.15) is 0 Å². The number of unbranched alkanes of at least 4 members (excludes halogenated alkanes) is 1. The molecule has 0 bridgehead atoms. The quantitative estimate of drug-likeness (QED) is 0.696. The van der Waals surface area contributed by atoms with Crippen molar-refractivity contribution in [3.63, 3.8) is 0 Å². The first-order valence-corrected chi connectivity index (χ1v) is 5.28. The smallest absolute Gasteiger partial charge is 0.314 e. The number of methoxy groups -OCH3 is 1. The zero-order valence-electron chi connectivity index (χ0n) is 9.27. The van der Waals surface area contributed by atoms with Gasteiger partial charge in [0, 0.05) is 6.20 Å². The molecule has 0 radical (unpaired) electrons. The number of aromatic nitrogens is 1. The topological polar surface area (TPSA) is 39.2 Å². The van der Waals surface area contributed by atoms with E-state index in [1.54, 1.807) is 6.20 Å². The first-order chi connectivity index (χ1) is 7.29. The Morgan fingerprint density at radius 1 is 1.53 bits per heavy atom. The summed E-state index contributed by atoms with van der Waals surface area (Å²) in [6, 6.07) is 5.61. The number of pyridine rings is 1. The lowest BCUT2D eigenvalue weighted by atomic mass is 9.98.